The zero-order chi connectivity index (χ0) is 9.78. The van der Waals surface area contributed by atoms with Gasteiger partial charge >= 0.3 is 0 Å². The Labute approximate surface area is 92.9 Å². The minimum atomic E-state index is 0. The van der Waals surface area contributed by atoms with Gasteiger partial charge in [-0.2, -0.15) is 0 Å². The second-order valence-electron chi connectivity index (χ2n) is 4.01. The van der Waals surface area contributed by atoms with Crippen LogP contribution in [0.15, 0.2) is 0 Å². The molecule has 0 fully saturated rings. The molecule has 0 spiro atoms. The fourth-order valence-corrected chi connectivity index (χ4v) is 0.937. The topological polar surface area (TPSA) is 41.3 Å². The first-order valence-corrected chi connectivity index (χ1v) is 4.53. The molecule has 1 radical (unpaired) electrons. The van der Waals surface area contributed by atoms with Gasteiger partial charge in [0.1, 0.15) is 0 Å². The van der Waals surface area contributed by atoms with Gasteiger partial charge < -0.3 is 16.0 Å². The fourth-order valence-electron chi connectivity index (χ4n) is 0.937. The van der Waals surface area contributed by atoms with Crippen molar-refractivity contribution in [1.82, 2.24) is 10.2 Å². The molecule has 0 aromatic rings. The maximum Gasteiger partial charge on any atom is 0.0297 e. The second-order valence-corrected chi connectivity index (χ2v) is 4.01. The zero-order valence-corrected chi connectivity index (χ0v) is 10.3. The molecule has 0 aliphatic heterocycles. The summed E-state index contributed by atoms with van der Waals surface area (Å²) in [4.78, 5) is 2.22. The van der Waals surface area contributed by atoms with Crippen molar-refractivity contribution in [2.24, 2.45) is 5.73 Å². The Morgan fingerprint density at radius 2 is 1.85 bits per heavy atom. The van der Waals surface area contributed by atoms with Gasteiger partial charge in [0.15, 0.2) is 0 Å². The van der Waals surface area contributed by atoms with E-state index in [9.17, 15) is 0 Å². The third kappa shape index (κ3) is 4.99. The summed E-state index contributed by atoms with van der Waals surface area (Å²) < 4.78 is 0. The van der Waals surface area contributed by atoms with Crippen LogP contribution in [0, 0.1) is 0 Å². The number of nitrogens with zero attached hydrogens (tertiary/aromatic N) is 1. The minimum Gasteiger partial charge on any atom is -0.329 e. The molecule has 3 nitrogen and oxygen atoms in total. The Hall–Kier alpha value is 0.399. The van der Waals surface area contributed by atoms with E-state index in [1.54, 1.807) is 0 Å². The Morgan fingerprint density at radius 3 is 2.15 bits per heavy atom. The number of nitrogens with one attached hydrogen (secondary N) is 1. The molecule has 0 saturated heterocycles. The molecule has 0 aliphatic carbocycles. The van der Waals surface area contributed by atoms with Crippen molar-refractivity contribution in [2.45, 2.75) is 32.4 Å². The summed E-state index contributed by atoms with van der Waals surface area (Å²) in [7, 11) is 4.20. The van der Waals surface area contributed by atoms with Crippen LogP contribution in [0.5, 0.6) is 0 Å². The number of hydrogen-bond acceptors (Lipinski definition) is 3. The summed E-state index contributed by atoms with van der Waals surface area (Å²) in [6, 6.07) is 0.455. The third-order valence-electron chi connectivity index (χ3n) is 2.81. The van der Waals surface area contributed by atoms with Crippen molar-refractivity contribution in [3.05, 3.63) is 0 Å². The first-order chi connectivity index (χ1) is 5.42. The number of nitrogens with two attached hydrogens (primary N) is 1. The van der Waals surface area contributed by atoms with Crippen LogP contribution in [0.1, 0.15) is 20.8 Å². The van der Waals surface area contributed by atoms with Gasteiger partial charge in [-0.3, -0.25) is 0 Å². The van der Waals surface area contributed by atoms with Crippen molar-refractivity contribution in [3.8, 4) is 0 Å². The smallest absolute Gasteiger partial charge is 0.0297 e. The number of rotatable bonds is 5. The summed E-state index contributed by atoms with van der Waals surface area (Å²) in [5.74, 6) is 0. The first-order valence-electron chi connectivity index (χ1n) is 4.53. The van der Waals surface area contributed by atoms with Crippen LogP contribution >= 0.6 is 0 Å². The summed E-state index contributed by atoms with van der Waals surface area (Å²) in [5, 5.41) is 3.39. The van der Waals surface area contributed by atoms with E-state index in [0.717, 1.165) is 6.54 Å². The number of likely N-dealkylation sites (N-methyl/N-ethyl adjacent to an activating group) is 1. The van der Waals surface area contributed by atoms with E-state index in [0.29, 0.717) is 12.6 Å². The van der Waals surface area contributed by atoms with Crippen LogP contribution < -0.4 is 11.1 Å². The molecule has 0 bridgehead atoms. The zero-order valence-electron chi connectivity index (χ0n) is 9.32. The van der Waals surface area contributed by atoms with Crippen molar-refractivity contribution < 1.29 is 17.1 Å². The molecule has 0 saturated carbocycles. The van der Waals surface area contributed by atoms with E-state index in [1.165, 1.54) is 0 Å². The van der Waals surface area contributed by atoms with Gasteiger partial charge in [-0.05, 0) is 34.9 Å². The van der Waals surface area contributed by atoms with Crippen molar-refractivity contribution in [3.63, 3.8) is 0 Å². The average Bonchev–Trinajstić information content (AvgIpc) is 1.99. The normalized spacial score (nSPS) is 14.1. The van der Waals surface area contributed by atoms with Gasteiger partial charge in [0.05, 0.1) is 0 Å². The van der Waals surface area contributed by atoms with E-state index in [-0.39, 0.29) is 22.6 Å². The molecule has 0 amide bonds. The van der Waals surface area contributed by atoms with Gasteiger partial charge in [-0.1, -0.05) is 0 Å². The van der Waals surface area contributed by atoms with Crippen molar-refractivity contribution in [2.75, 3.05) is 27.2 Å². The van der Waals surface area contributed by atoms with Crippen LogP contribution in [0.4, 0.5) is 0 Å². The Bertz CT molecular complexity index is 126. The van der Waals surface area contributed by atoms with Crippen LogP contribution in [0.25, 0.3) is 0 Å². The van der Waals surface area contributed by atoms with Gasteiger partial charge in [-0.25, -0.2) is 0 Å². The molecule has 3 N–H and O–H groups in total. The monoisotopic (exact) mass is 236 g/mol. The van der Waals surface area contributed by atoms with E-state index in [2.05, 4.69) is 45.1 Å². The van der Waals surface area contributed by atoms with Crippen molar-refractivity contribution >= 4 is 0 Å². The maximum atomic E-state index is 5.42. The van der Waals surface area contributed by atoms with E-state index >= 15 is 0 Å². The molecule has 0 aromatic heterocycles. The van der Waals surface area contributed by atoms with Gasteiger partial charge in [0.25, 0.3) is 0 Å². The van der Waals surface area contributed by atoms with Gasteiger partial charge in [-0.15, -0.1) is 0 Å². The molecule has 1 unspecified atom stereocenters. The predicted molar refractivity (Wildman–Crippen MR) is 54.3 cm³/mol. The van der Waals surface area contributed by atoms with E-state index in [1.807, 2.05) is 0 Å². The third-order valence-corrected chi connectivity index (χ3v) is 2.81. The largest absolute Gasteiger partial charge is 0.329 e. The quantitative estimate of drug-likeness (QED) is 0.674. The molecule has 0 aromatic carbocycles. The molecule has 0 heterocycles. The Morgan fingerprint density at radius 1 is 1.38 bits per heavy atom. The average molecular weight is 237 g/mol. The van der Waals surface area contributed by atoms with Crippen LogP contribution in [0.2, 0.25) is 0 Å². The summed E-state index contributed by atoms with van der Waals surface area (Å²) in [5.41, 5.74) is 5.60. The Balaban J connectivity index is 0. The molecule has 13 heavy (non-hydrogen) atoms. The van der Waals surface area contributed by atoms with Crippen LogP contribution in [0.3, 0.4) is 0 Å². The molecule has 0 rings (SSSR count). The molecule has 0 aliphatic rings. The number of hydrogen-bond donors (Lipinski definition) is 2. The molecule has 85 valence electrons. The summed E-state index contributed by atoms with van der Waals surface area (Å²) >= 11 is 0. The first kappa shape index (κ1) is 15.9. The van der Waals surface area contributed by atoms with Crippen LogP contribution in [-0.4, -0.2) is 43.7 Å². The van der Waals surface area contributed by atoms with E-state index in [4.69, 9.17) is 5.73 Å². The SMILES string of the molecule is CC(NCCN)C(C)(C)N(C)C.[Cu]. The minimum absolute atomic E-state index is 0. The summed E-state index contributed by atoms with van der Waals surface area (Å²) in [6.07, 6.45) is 0. The van der Waals surface area contributed by atoms with E-state index < -0.39 is 0 Å². The molecular weight excluding hydrogens is 214 g/mol. The molecule has 4 heteroatoms. The van der Waals surface area contributed by atoms with Gasteiger partial charge in [0.2, 0.25) is 0 Å². The Kier molecular flexibility index (Phi) is 8.29. The standard InChI is InChI=1S/C9H23N3.Cu/c1-8(11-7-6-10)9(2,3)12(4)5;/h8,11H,6-7,10H2,1-5H3;. The summed E-state index contributed by atoms with van der Waals surface area (Å²) in [6.45, 7) is 8.23. The molecule has 1 atom stereocenters. The molecular formula is C9H23CuN3. The predicted octanol–water partition coefficient (Wildman–Crippen LogP) is 0.261. The van der Waals surface area contributed by atoms with Gasteiger partial charge in [0, 0.05) is 41.7 Å². The second kappa shape index (κ2) is 6.79. The van der Waals surface area contributed by atoms with Crippen LogP contribution in [-0.2, 0) is 17.1 Å². The fraction of sp³-hybridized carbons (Fsp3) is 1.00. The maximum absolute atomic E-state index is 5.42. The van der Waals surface area contributed by atoms with Crippen molar-refractivity contribution in [1.29, 1.82) is 0 Å².